The Hall–Kier alpha value is -3.93. The van der Waals surface area contributed by atoms with E-state index in [4.69, 9.17) is 9.47 Å². The van der Waals surface area contributed by atoms with Crippen LogP contribution in [0.5, 0.6) is 11.5 Å². The summed E-state index contributed by atoms with van der Waals surface area (Å²) in [5, 5.41) is 4.74. The van der Waals surface area contributed by atoms with Gasteiger partial charge in [0.05, 0.1) is 19.4 Å². The van der Waals surface area contributed by atoms with Gasteiger partial charge in [0.25, 0.3) is 5.91 Å². The molecule has 0 aliphatic carbocycles. The molecule has 2 aromatic rings. The molecular formula is C23H21BrFN3O7. The van der Waals surface area contributed by atoms with E-state index in [1.54, 1.807) is 19.1 Å². The number of nitrogens with one attached hydrogen (secondary N) is 2. The molecular weight excluding hydrogens is 529 g/mol. The molecule has 0 unspecified atom stereocenters. The van der Waals surface area contributed by atoms with Gasteiger partial charge in [0.2, 0.25) is 5.91 Å². The number of benzene rings is 2. The van der Waals surface area contributed by atoms with Gasteiger partial charge in [-0.2, -0.15) is 0 Å². The molecule has 4 amide bonds. The minimum absolute atomic E-state index is 0.0674. The van der Waals surface area contributed by atoms with Gasteiger partial charge >= 0.3 is 12.0 Å². The molecule has 1 fully saturated rings. The summed E-state index contributed by atoms with van der Waals surface area (Å²) >= 11 is 3.36. The Kier molecular flexibility index (Phi) is 8.42. The molecule has 0 spiro atoms. The van der Waals surface area contributed by atoms with E-state index in [0.717, 1.165) is 0 Å². The number of nitrogens with zero attached hydrogens (tertiary/aromatic N) is 1. The average Bonchev–Trinajstić information content (AvgIpc) is 3.08. The first kappa shape index (κ1) is 25.7. The maximum Gasteiger partial charge on any atom is 0.343 e. The quantitative estimate of drug-likeness (QED) is 0.280. The third-order valence-corrected chi connectivity index (χ3v) is 5.33. The number of esters is 1. The fourth-order valence-electron chi connectivity index (χ4n) is 3.00. The van der Waals surface area contributed by atoms with E-state index in [1.807, 2.05) is 0 Å². The number of amides is 4. The Balaban J connectivity index is 1.77. The minimum atomic E-state index is -0.802. The van der Waals surface area contributed by atoms with Crippen LogP contribution in [0.2, 0.25) is 0 Å². The number of methoxy groups -OCH3 is 1. The minimum Gasteiger partial charge on any atom is -0.490 e. The molecule has 0 saturated carbocycles. The van der Waals surface area contributed by atoms with E-state index >= 15 is 0 Å². The zero-order chi connectivity index (χ0) is 25.5. The first-order valence-corrected chi connectivity index (χ1v) is 11.1. The van der Waals surface area contributed by atoms with Crippen LogP contribution in [0.15, 0.2) is 46.6 Å². The molecule has 1 saturated heterocycles. The normalized spacial score (nSPS) is 14.1. The second-order valence-electron chi connectivity index (χ2n) is 7.03. The number of imide groups is 1. The van der Waals surface area contributed by atoms with E-state index in [-0.39, 0.29) is 23.7 Å². The van der Waals surface area contributed by atoms with Crippen molar-refractivity contribution in [3.63, 3.8) is 0 Å². The van der Waals surface area contributed by atoms with Crippen molar-refractivity contribution in [3.05, 3.63) is 57.9 Å². The van der Waals surface area contributed by atoms with Gasteiger partial charge in [0.15, 0.2) is 18.1 Å². The molecule has 1 aliphatic heterocycles. The fraction of sp³-hybridized carbons (Fsp3) is 0.217. The van der Waals surface area contributed by atoms with Crippen LogP contribution >= 0.6 is 15.9 Å². The van der Waals surface area contributed by atoms with Crippen molar-refractivity contribution >= 4 is 51.5 Å². The summed E-state index contributed by atoms with van der Waals surface area (Å²) in [6.07, 6.45) is 1.39. The van der Waals surface area contributed by atoms with Crippen LogP contribution < -0.4 is 20.1 Å². The van der Waals surface area contributed by atoms with Gasteiger partial charge in [-0.25, -0.2) is 18.9 Å². The van der Waals surface area contributed by atoms with Crippen LogP contribution in [0, 0.1) is 5.82 Å². The molecule has 35 heavy (non-hydrogen) atoms. The predicted octanol–water partition coefficient (Wildman–Crippen LogP) is 3.07. The largest absolute Gasteiger partial charge is 0.490 e. The number of halogens is 2. The molecule has 0 radical (unpaired) electrons. The summed E-state index contributed by atoms with van der Waals surface area (Å²) in [5.74, 6) is -2.15. The topological polar surface area (TPSA) is 123 Å². The second-order valence-corrected chi connectivity index (χ2v) is 7.88. The van der Waals surface area contributed by atoms with Gasteiger partial charge in [-0.3, -0.25) is 9.59 Å². The van der Waals surface area contributed by atoms with Gasteiger partial charge in [0.1, 0.15) is 18.1 Å². The lowest BCUT2D eigenvalue weighted by Crippen LogP contribution is -2.38. The van der Waals surface area contributed by atoms with Crippen LogP contribution in [-0.4, -0.2) is 55.6 Å². The molecule has 3 rings (SSSR count). The number of hydrogen-bond donors (Lipinski definition) is 2. The van der Waals surface area contributed by atoms with Crippen LogP contribution in [0.25, 0.3) is 6.08 Å². The van der Waals surface area contributed by atoms with Crippen LogP contribution in [0.3, 0.4) is 0 Å². The summed E-state index contributed by atoms with van der Waals surface area (Å²) in [4.78, 5) is 49.5. The molecule has 12 heteroatoms. The van der Waals surface area contributed by atoms with Crippen molar-refractivity contribution in [2.75, 3.05) is 32.2 Å². The zero-order valence-corrected chi connectivity index (χ0v) is 20.3. The molecule has 0 bridgehead atoms. The standard InChI is InChI=1S/C23H21BrFN3O7/c1-3-34-18-9-13(14(24)10-19(18)35-12-21(30)33-2)8-17-22(31)28(23(32)27-17)11-20(29)26-16-7-5-4-6-15(16)25/h4-10H,3,11-12H2,1-2H3,(H,26,29)(H,27,32)/b17-8+. The maximum absolute atomic E-state index is 13.8. The number of hydrogen-bond acceptors (Lipinski definition) is 7. The molecule has 2 aromatic carbocycles. The first-order chi connectivity index (χ1) is 16.7. The highest BCUT2D eigenvalue weighted by molar-refractivity contribution is 9.10. The van der Waals surface area contributed by atoms with E-state index in [2.05, 4.69) is 31.3 Å². The highest BCUT2D eigenvalue weighted by Crippen LogP contribution is 2.35. The first-order valence-electron chi connectivity index (χ1n) is 10.3. The molecule has 1 aliphatic rings. The average molecular weight is 550 g/mol. The number of carbonyl (C=O) groups excluding carboxylic acids is 4. The maximum atomic E-state index is 13.8. The van der Waals surface area contributed by atoms with Crippen molar-refractivity contribution in [2.24, 2.45) is 0 Å². The highest BCUT2D eigenvalue weighted by Gasteiger charge is 2.35. The van der Waals surface area contributed by atoms with E-state index in [1.165, 1.54) is 37.5 Å². The Morgan fingerprint density at radius 2 is 1.89 bits per heavy atom. The molecule has 2 N–H and O–H groups in total. The van der Waals surface area contributed by atoms with Gasteiger partial charge in [-0.1, -0.05) is 28.1 Å². The Morgan fingerprint density at radius 3 is 2.57 bits per heavy atom. The second kappa shape index (κ2) is 11.5. The fourth-order valence-corrected chi connectivity index (χ4v) is 3.44. The van der Waals surface area contributed by atoms with Crippen LogP contribution in [-0.2, 0) is 19.1 Å². The lowest BCUT2D eigenvalue weighted by atomic mass is 10.1. The van der Waals surface area contributed by atoms with Crippen LogP contribution in [0.1, 0.15) is 12.5 Å². The van der Waals surface area contributed by atoms with Crippen molar-refractivity contribution in [1.29, 1.82) is 0 Å². The van der Waals surface area contributed by atoms with Gasteiger partial charge < -0.3 is 24.8 Å². The van der Waals surface area contributed by atoms with E-state index in [0.29, 0.717) is 27.3 Å². The van der Waals surface area contributed by atoms with Crippen molar-refractivity contribution < 1.29 is 37.8 Å². The summed E-state index contributed by atoms with van der Waals surface area (Å²) < 4.78 is 29.8. The third-order valence-electron chi connectivity index (χ3n) is 4.65. The van der Waals surface area contributed by atoms with Gasteiger partial charge in [-0.15, -0.1) is 0 Å². The Labute approximate surface area is 208 Å². The van der Waals surface area contributed by atoms with Crippen molar-refractivity contribution in [1.82, 2.24) is 10.2 Å². The van der Waals surface area contributed by atoms with E-state index in [9.17, 15) is 23.6 Å². The monoisotopic (exact) mass is 549 g/mol. The lowest BCUT2D eigenvalue weighted by Gasteiger charge is -2.13. The van der Waals surface area contributed by atoms with Gasteiger partial charge in [-0.05, 0) is 42.8 Å². The molecule has 10 nitrogen and oxygen atoms in total. The lowest BCUT2D eigenvalue weighted by molar-refractivity contribution is -0.143. The predicted molar refractivity (Wildman–Crippen MR) is 126 cm³/mol. The molecule has 1 heterocycles. The molecule has 0 atom stereocenters. The van der Waals surface area contributed by atoms with Crippen LogP contribution in [0.4, 0.5) is 14.9 Å². The van der Waals surface area contributed by atoms with Crippen molar-refractivity contribution in [2.45, 2.75) is 6.92 Å². The van der Waals surface area contributed by atoms with Gasteiger partial charge in [0, 0.05) is 4.47 Å². The number of para-hydroxylation sites is 1. The SMILES string of the molecule is CCOc1cc(/C=C2/NC(=O)N(CC(=O)Nc3ccccc3F)C2=O)c(Br)cc1OCC(=O)OC. The summed E-state index contributed by atoms with van der Waals surface area (Å²) in [6.45, 7) is 1.12. The Bertz CT molecular complexity index is 1200. The van der Waals surface area contributed by atoms with E-state index < -0.39 is 36.2 Å². The highest BCUT2D eigenvalue weighted by atomic mass is 79.9. The Morgan fingerprint density at radius 1 is 1.17 bits per heavy atom. The smallest absolute Gasteiger partial charge is 0.343 e. The zero-order valence-electron chi connectivity index (χ0n) is 18.7. The number of rotatable bonds is 9. The third kappa shape index (κ3) is 6.35. The van der Waals surface area contributed by atoms with Crippen molar-refractivity contribution in [3.8, 4) is 11.5 Å². The summed E-state index contributed by atoms with van der Waals surface area (Å²) in [5.41, 5.74) is 0.308. The molecule has 184 valence electrons. The molecule has 0 aromatic heterocycles. The number of urea groups is 1. The summed E-state index contributed by atoms with van der Waals surface area (Å²) in [6, 6.07) is 7.83. The summed E-state index contributed by atoms with van der Waals surface area (Å²) in [7, 11) is 1.24. The number of anilines is 1. The number of ether oxygens (including phenoxy) is 3. The number of carbonyl (C=O) groups is 4.